The van der Waals surface area contributed by atoms with Crippen LogP contribution in [0.3, 0.4) is 0 Å². The van der Waals surface area contributed by atoms with Crippen molar-refractivity contribution in [3.05, 3.63) is 81.5 Å². The van der Waals surface area contributed by atoms with Crippen LogP contribution >= 0.6 is 0 Å². The maximum absolute atomic E-state index is 12.8. The van der Waals surface area contributed by atoms with Crippen molar-refractivity contribution in [1.29, 1.82) is 0 Å². The summed E-state index contributed by atoms with van der Waals surface area (Å²) in [5.74, 6) is 1.62. The zero-order valence-corrected chi connectivity index (χ0v) is 15.6. The molecule has 3 rings (SSSR count). The highest BCUT2D eigenvalue weighted by atomic mass is 16.5. The summed E-state index contributed by atoms with van der Waals surface area (Å²) in [4.78, 5) is 12.8. The van der Waals surface area contributed by atoms with Gasteiger partial charge in [-0.3, -0.25) is 4.57 Å². The molecule has 0 aliphatic rings. The van der Waals surface area contributed by atoms with Gasteiger partial charge in [0.25, 0.3) is 0 Å². The minimum Gasteiger partial charge on any atom is -0.497 e. The van der Waals surface area contributed by atoms with E-state index >= 15 is 0 Å². The lowest BCUT2D eigenvalue weighted by atomic mass is 10.1. The molecule has 0 atom stereocenters. The Morgan fingerprint density at radius 1 is 1.00 bits per heavy atom. The maximum atomic E-state index is 12.8. The number of hydrogen-bond donors (Lipinski definition) is 0. The second-order valence-electron chi connectivity index (χ2n) is 6.52. The van der Waals surface area contributed by atoms with Gasteiger partial charge in [-0.05, 0) is 36.6 Å². The van der Waals surface area contributed by atoms with Crippen LogP contribution in [0.2, 0.25) is 0 Å². The largest absolute Gasteiger partial charge is 0.497 e. The van der Waals surface area contributed by atoms with Crippen LogP contribution in [0.1, 0.15) is 35.9 Å². The van der Waals surface area contributed by atoms with Crippen LogP contribution in [0, 0.1) is 6.92 Å². The number of aryl methyl sites for hydroxylation is 1. The van der Waals surface area contributed by atoms with Gasteiger partial charge < -0.3 is 4.74 Å². The lowest BCUT2D eigenvalue weighted by Gasteiger charge is -2.05. The number of hydrogen-bond acceptors (Lipinski definition) is 3. The smallest absolute Gasteiger partial charge is 0.346 e. The average molecular weight is 351 g/mol. The highest BCUT2D eigenvalue weighted by Gasteiger charge is 2.13. The van der Waals surface area contributed by atoms with Gasteiger partial charge in [0.05, 0.1) is 13.7 Å². The molecule has 5 nitrogen and oxygen atoms in total. The zero-order chi connectivity index (χ0) is 18.5. The van der Waals surface area contributed by atoms with E-state index in [1.807, 2.05) is 36.4 Å². The second kappa shape index (κ2) is 8.04. The quantitative estimate of drug-likeness (QED) is 0.655. The molecule has 0 radical (unpaired) electrons. The van der Waals surface area contributed by atoms with E-state index in [0.717, 1.165) is 29.1 Å². The highest BCUT2D eigenvalue weighted by Crippen LogP contribution is 2.14. The van der Waals surface area contributed by atoms with Gasteiger partial charge in [-0.2, -0.15) is 5.10 Å². The molecule has 2 aromatic carbocycles. The van der Waals surface area contributed by atoms with E-state index in [9.17, 15) is 4.79 Å². The first-order valence-electron chi connectivity index (χ1n) is 8.95. The normalized spacial score (nSPS) is 10.9. The molecule has 0 aliphatic heterocycles. The molecule has 0 amide bonds. The molecule has 0 fully saturated rings. The van der Waals surface area contributed by atoms with Gasteiger partial charge in [0.1, 0.15) is 11.6 Å². The summed E-state index contributed by atoms with van der Waals surface area (Å²) in [6.07, 6.45) is 1.52. The Morgan fingerprint density at radius 2 is 1.65 bits per heavy atom. The molecule has 0 N–H and O–H groups in total. The summed E-state index contributed by atoms with van der Waals surface area (Å²) in [6, 6.07) is 16.1. The molecule has 136 valence electrons. The van der Waals surface area contributed by atoms with Crippen LogP contribution < -0.4 is 10.4 Å². The summed E-state index contributed by atoms with van der Waals surface area (Å²) in [5.41, 5.74) is 3.35. The van der Waals surface area contributed by atoms with E-state index in [1.54, 1.807) is 16.4 Å². The van der Waals surface area contributed by atoms with Crippen LogP contribution in [0.15, 0.2) is 53.3 Å². The fourth-order valence-corrected chi connectivity index (χ4v) is 2.96. The van der Waals surface area contributed by atoms with Gasteiger partial charge in [-0.25, -0.2) is 9.48 Å². The van der Waals surface area contributed by atoms with Gasteiger partial charge in [0, 0.05) is 13.0 Å². The second-order valence-corrected chi connectivity index (χ2v) is 6.52. The van der Waals surface area contributed by atoms with Crippen molar-refractivity contribution < 1.29 is 4.74 Å². The average Bonchev–Trinajstić information content (AvgIpc) is 2.93. The lowest BCUT2D eigenvalue weighted by Crippen LogP contribution is -2.26. The van der Waals surface area contributed by atoms with Crippen LogP contribution in [0.5, 0.6) is 5.75 Å². The predicted molar refractivity (Wildman–Crippen MR) is 103 cm³/mol. The third-order valence-electron chi connectivity index (χ3n) is 4.42. The van der Waals surface area contributed by atoms with Crippen molar-refractivity contribution in [2.75, 3.05) is 7.11 Å². The molecule has 26 heavy (non-hydrogen) atoms. The molecule has 0 saturated heterocycles. The molecule has 0 saturated carbocycles. The molecule has 0 spiro atoms. The highest BCUT2D eigenvalue weighted by molar-refractivity contribution is 5.29. The molecular weight excluding hydrogens is 326 g/mol. The molecule has 0 aliphatic carbocycles. The van der Waals surface area contributed by atoms with Crippen molar-refractivity contribution in [3.63, 3.8) is 0 Å². The number of benzene rings is 2. The van der Waals surface area contributed by atoms with E-state index < -0.39 is 0 Å². The van der Waals surface area contributed by atoms with Crippen LogP contribution in [-0.2, 0) is 19.5 Å². The molecule has 0 unspecified atom stereocenters. The third kappa shape index (κ3) is 4.04. The summed E-state index contributed by atoms with van der Waals surface area (Å²) in [7, 11) is 1.65. The van der Waals surface area contributed by atoms with Crippen molar-refractivity contribution in [3.8, 4) is 5.75 Å². The monoisotopic (exact) mass is 351 g/mol. The minimum absolute atomic E-state index is 0.0454. The Bertz CT molecular complexity index is 906. The Labute approximate surface area is 153 Å². The minimum atomic E-state index is -0.0454. The van der Waals surface area contributed by atoms with E-state index in [4.69, 9.17) is 4.74 Å². The van der Waals surface area contributed by atoms with Gasteiger partial charge in [0.15, 0.2) is 0 Å². The Balaban J connectivity index is 1.88. The third-order valence-corrected chi connectivity index (χ3v) is 4.42. The van der Waals surface area contributed by atoms with Gasteiger partial charge in [-0.15, -0.1) is 0 Å². The number of nitrogens with zero attached hydrogens (tertiary/aromatic N) is 3. The van der Waals surface area contributed by atoms with Crippen LogP contribution in [0.4, 0.5) is 0 Å². The van der Waals surface area contributed by atoms with Crippen LogP contribution in [-0.4, -0.2) is 21.5 Å². The lowest BCUT2D eigenvalue weighted by molar-refractivity contribution is 0.414. The first-order valence-corrected chi connectivity index (χ1v) is 8.95. The van der Waals surface area contributed by atoms with E-state index in [0.29, 0.717) is 19.5 Å². The molecule has 1 aromatic heterocycles. The summed E-state index contributed by atoms with van der Waals surface area (Å²) in [6.45, 7) is 5.30. The fourth-order valence-electron chi connectivity index (χ4n) is 2.96. The maximum Gasteiger partial charge on any atom is 0.346 e. The number of aromatic nitrogens is 3. The van der Waals surface area contributed by atoms with Crippen molar-refractivity contribution in [1.82, 2.24) is 14.3 Å². The number of methoxy groups -OCH3 is 1. The standard InChI is InChI=1S/C21H25N3O2/c1-4-13-23-20(14-17-9-11-19(26-3)12-10-17)22-24(21(23)25)15-18-7-5-16(2)6-8-18/h5-12H,4,13-15H2,1-3H3. The first kappa shape index (κ1) is 18.0. The van der Waals surface area contributed by atoms with Gasteiger partial charge in [0.2, 0.25) is 0 Å². The van der Waals surface area contributed by atoms with Crippen molar-refractivity contribution in [2.24, 2.45) is 0 Å². The number of ether oxygens (including phenoxy) is 1. The van der Waals surface area contributed by atoms with Crippen LogP contribution in [0.25, 0.3) is 0 Å². The zero-order valence-electron chi connectivity index (χ0n) is 15.6. The SMILES string of the molecule is CCCn1c(Cc2ccc(OC)cc2)nn(Cc2ccc(C)cc2)c1=O. The van der Waals surface area contributed by atoms with Crippen molar-refractivity contribution in [2.45, 2.75) is 39.8 Å². The van der Waals surface area contributed by atoms with Gasteiger partial charge >= 0.3 is 5.69 Å². The molecule has 5 heteroatoms. The fraction of sp³-hybridized carbons (Fsp3) is 0.333. The van der Waals surface area contributed by atoms with Crippen molar-refractivity contribution >= 4 is 0 Å². The molecular formula is C21H25N3O2. The van der Waals surface area contributed by atoms with E-state index in [2.05, 4.69) is 31.1 Å². The Morgan fingerprint density at radius 3 is 2.27 bits per heavy atom. The summed E-state index contributed by atoms with van der Waals surface area (Å²) < 4.78 is 8.56. The van der Waals surface area contributed by atoms with E-state index in [-0.39, 0.29) is 5.69 Å². The first-order chi connectivity index (χ1) is 12.6. The summed E-state index contributed by atoms with van der Waals surface area (Å²) >= 11 is 0. The molecule has 3 aromatic rings. The topological polar surface area (TPSA) is 49.0 Å². The Hall–Kier alpha value is -2.82. The predicted octanol–water partition coefficient (Wildman–Crippen LogP) is 3.41. The Kier molecular flexibility index (Phi) is 5.56. The number of rotatable bonds is 7. The summed E-state index contributed by atoms with van der Waals surface area (Å²) in [5, 5.41) is 4.62. The van der Waals surface area contributed by atoms with E-state index in [1.165, 1.54) is 5.56 Å². The molecule has 1 heterocycles. The van der Waals surface area contributed by atoms with Gasteiger partial charge in [-0.1, -0.05) is 48.9 Å². The molecule has 0 bridgehead atoms.